The van der Waals surface area contributed by atoms with E-state index in [2.05, 4.69) is 4.98 Å². The highest BCUT2D eigenvalue weighted by Crippen LogP contribution is 2.46. The predicted octanol–water partition coefficient (Wildman–Crippen LogP) is 0.467. The summed E-state index contributed by atoms with van der Waals surface area (Å²) < 4.78 is 9.52. The Hall–Kier alpha value is -2.28. The van der Waals surface area contributed by atoms with E-state index < -0.39 is 41.1 Å². The van der Waals surface area contributed by atoms with E-state index in [-0.39, 0.29) is 6.42 Å². The van der Waals surface area contributed by atoms with Gasteiger partial charge in [-0.3, -0.25) is 19.4 Å². The van der Waals surface area contributed by atoms with Crippen molar-refractivity contribution in [1.82, 2.24) is 4.98 Å². The van der Waals surface area contributed by atoms with Crippen molar-refractivity contribution in [3.8, 4) is 0 Å². The molecule has 23 heavy (non-hydrogen) atoms. The zero-order valence-electron chi connectivity index (χ0n) is 13.2. The molecule has 1 aliphatic rings. The molecule has 2 rings (SSSR count). The number of Topliss-reactive ketones (excluding diaryl/α,β-unsaturated/α-hetero) is 1. The largest absolute Gasteiger partial charge is 0.469 e. The first kappa shape index (κ1) is 17.1. The number of hydrogen-bond acceptors (Lipinski definition) is 7. The van der Waals surface area contributed by atoms with E-state index in [1.807, 2.05) is 0 Å². The van der Waals surface area contributed by atoms with Gasteiger partial charge in [0.25, 0.3) is 0 Å². The highest BCUT2D eigenvalue weighted by atomic mass is 16.5. The molecular formula is C16H19NO6. The van der Waals surface area contributed by atoms with Crippen LogP contribution < -0.4 is 0 Å². The van der Waals surface area contributed by atoms with Crippen LogP contribution in [-0.2, 0) is 23.9 Å². The Morgan fingerprint density at radius 2 is 1.96 bits per heavy atom. The average Bonchev–Trinajstić information content (AvgIpc) is 2.52. The molecule has 4 atom stereocenters. The van der Waals surface area contributed by atoms with Crippen LogP contribution in [0, 0.1) is 11.8 Å². The van der Waals surface area contributed by atoms with Gasteiger partial charge in [0, 0.05) is 24.7 Å². The number of ketones is 1. The summed E-state index contributed by atoms with van der Waals surface area (Å²) in [7, 11) is 2.37. The minimum Gasteiger partial charge on any atom is -0.469 e. The number of carbonyl (C=O) groups excluding carboxylic acids is 3. The first-order chi connectivity index (χ1) is 10.8. The SMILES string of the molecule is COC(=O)C1C(=O)CC(C)(O)C(C(=O)OC)C1c1cccnc1. The van der Waals surface area contributed by atoms with E-state index in [1.165, 1.54) is 33.5 Å². The summed E-state index contributed by atoms with van der Waals surface area (Å²) in [6, 6.07) is 3.28. The van der Waals surface area contributed by atoms with Crippen molar-refractivity contribution < 1.29 is 29.0 Å². The monoisotopic (exact) mass is 321 g/mol. The standard InChI is InChI=1S/C16H19NO6/c1-16(21)7-10(18)12(14(19)22-2)11(13(16)15(20)23-3)9-5-4-6-17-8-9/h4-6,8,11-13,21H,7H2,1-3H3. The predicted molar refractivity (Wildman–Crippen MR) is 78.2 cm³/mol. The van der Waals surface area contributed by atoms with Gasteiger partial charge in [-0.1, -0.05) is 6.07 Å². The molecule has 1 aromatic heterocycles. The zero-order valence-corrected chi connectivity index (χ0v) is 13.2. The molecule has 4 unspecified atom stereocenters. The molecule has 1 saturated carbocycles. The Balaban J connectivity index is 2.61. The number of aliphatic hydroxyl groups is 1. The number of esters is 2. The summed E-state index contributed by atoms with van der Waals surface area (Å²) >= 11 is 0. The molecule has 0 radical (unpaired) electrons. The van der Waals surface area contributed by atoms with Crippen LogP contribution in [0.5, 0.6) is 0 Å². The highest BCUT2D eigenvalue weighted by molar-refractivity contribution is 6.02. The van der Waals surface area contributed by atoms with Crippen LogP contribution in [0.3, 0.4) is 0 Å². The van der Waals surface area contributed by atoms with Crippen molar-refractivity contribution in [3.05, 3.63) is 30.1 Å². The van der Waals surface area contributed by atoms with Gasteiger partial charge in [-0.05, 0) is 18.6 Å². The number of hydrogen-bond donors (Lipinski definition) is 1. The smallest absolute Gasteiger partial charge is 0.316 e. The normalized spacial score (nSPS) is 30.6. The Morgan fingerprint density at radius 1 is 1.30 bits per heavy atom. The lowest BCUT2D eigenvalue weighted by Gasteiger charge is -2.43. The number of nitrogens with zero attached hydrogens (tertiary/aromatic N) is 1. The van der Waals surface area contributed by atoms with Crippen molar-refractivity contribution >= 4 is 17.7 Å². The molecule has 0 aromatic carbocycles. The Kier molecular flexibility index (Phi) is 4.79. The van der Waals surface area contributed by atoms with Crippen molar-refractivity contribution in [2.45, 2.75) is 24.9 Å². The van der Waals surface area contributed by atoms with Gasteiger partial charge in [-0.15, -0.1) is 0 Å². The molecule has 7 nitrogen and oxygen atoms in total. The summed E-state index contributed by atoms with van der Waals surface area (Å²) in [4.78, 5) is 40.8. The van der Waals surface area contributed by atoms with E-state index in [0.717, 1.165) is 0 Å². The van der Waals surface area contributed by atoms with Crippen molar-refractivity contribution in [3.63, 3.8) is 0 Å². The van der Waals surface area contributed by atoms with Crippen LogP contribution >= 0.6 is 0 Å². The maximum absolute atomic E-state index is 12.4. The number of rotatable bonds is 3. The number of carbonyl (C=O) groups is 3. The Morgan fingerprint density at radius 3 is 2.48 bits per heavy atom. The number of methoxy groups -OCH3 is 2. The van der Waals surface area contributed by atoms with E-state index in [1.54, 1.807) is 12.1 Å². The van der Waals surface area contributed by atoms with Crippen LogP contribution in [0.25, 0.3) is 0 Å². The van der Waals surface area contributed by atoms with Gasteiger partial charge in [0.05, 0.1) is 25.7 Å². The van der Waals surface area contributed by atoms with Crippen LogP contribution in [0.4, 0.5) is 0 Å². The lowest BCUT2D eigenvalue weighted by atomic mass is 9.62. The highest BCUT2D eigenvalue weighted by Gasteiger charge is 2.56. The minimum absolute atomic E-state index is 0.330. The molecule has 124 valence electrons. The minimum atomic E-state index is -1.63. The number of pyridine rings is 1. The Bertz CT molecular complexity index is 612. The van der Waals surface area contributed by atoms with E-state index >= 15 is 0 Å². The molecule has 0 amide bonds. The third-order valence-corrected chi connectivity index (χ3v) is 4.25. The Labute approximate surface area is 133 Å². The third-order valence-electron chi connectivity index (χ3n) is 4.25. The maximum atomic E-state index is 12.4. The van der Waals surface area contributed by atoms with E-state index in [9.17, 15) is 19.5 Å². The fourth-order valence-electron chi connectivity index (χ4n) is 3.24. The van der Waals surface area contributed by atoms with Gasteiger partial charge < -0.3 is 14.6 Å². The summed E-state index contributed by atoms with van der Waals surface area (Å²) in [5.74, 6) is -5.08. The second kappa shape index (κ2) is 6.45. The summed E-state index contributed by atoms with van der Waals surface area (Å²) in [6.07, 6.45) is 2.67. The molecule has 1 N–H and O–H groups in total. The van der Waals surface area contributed by atoms with Gasteiger partial charge in [0.1, 0.15) is 5.92 Å². The molecule has 1 fully saturated rings. The summed E-state index contributed by atoms with van der Waals surface area (Å²) in [5, 5.41) is 10.6. The maximum Gasteiger partial charge on any atom is 0.316 e. The molecule has 1 aliphatic carbocycles. The number of ether oxygens (including phenoxy) is 2. The number of aromatic nitrogens is 1. The molecule has 7 heteroatoms. The molecular weight excluding hydrogens is 302 g/mol. The molecule has 1 aromatic rings. The van der Waals surface area contributed by atoms with Gasteiger partial charge >= 0.3 is 11.9 Å². The van der Waals surface area contributed by atoms with Gasteiger partial charge in [-0.2, -0.15) is 0 Å². The second-order valence-electron chi connectivity index (χ2n) is 5.81. The average molecular weight is 321 g/mol. The molecule has 1 heterocycles. The fourth-order valence-corrected chi connectivity index (χ4v) is 3.24. The van der Waals surface area contributed by atoms with Gasteiger partial charge in [0.15, 0.2) is 5.78 Å². The van der Waals surface area contributed by atoms with E-state index in [4.69, 9.17) is 9.47 Å². The quantitative estimate of drug-likeness (QED) is 0.637. The molecule has 0 spiro atoms. The third kappa shape index (κ3) is 3.10. The van der Waals surface area contributed by atoms with Crippen LogP contribution in [0.15, 0.2) is 24.5 Å². The topological polar surface area (TPSA) is 103 Å². The molecule has 0 bridgehead atoms. The molecule has 0 saturated heterocycles. The van der Waals surface area contributed by atoms with E-state index in [0.29, 0.717) is 5.56 Å². The van der Waals surface area contributed by atoms with Crippen molar-refractivity contribution in [2.75, 3.05) is 14.2 Å². The second-order valence-corrected chi connectivity index (χ2v) is 5.81. The lowest BCUT2D eigenvalue weighted by Crippen LogP contribution is -2.55. The fraction of sp³-hybridized carbons (Fsp3) is 0.500. The van der Waals surface area contributed by atoms with Crippen LogP contribution in [0.1, 0.15) is 24.8 Å². The van der Waals surface area contributed by atoms with Gasteiger partial charge in [0.2, 0.25) is 0 Å². The zero-order chi connectivity index (χ0) is 17.2. The van der Waals surface area contributed by atoms with Crippen molar-refractivity contribution in [1.29, 1.82) is 0 Å². The molecule has 0 aliphatic heterocycles. The van der Waals surface area contributed by atoms with Gasteiger partial charge in [-0.25, -0.2) is 0 Å². The first-order valence-electron chi connectivity index (χ1n) is 7.14. The lowest BCUT2D eigenvalue weighted by molar-refractivity contribution is -0.170. The van der Waals surface area contributed by atoms with Crippen molar-refractivity contribution in [2.24, 2.45) is 11.8 Å². The summed E-state index contributed by atoms with van der Waals surface area (Å²) in [5.41, 5.74) is -1.14. The van der Waals surface area contributed by atoms with Crippen LogP contribution in [-0.4, -0.2) is 47.6 Å². The first-order valence-corrected chi connectivity index (χ1v) is 7.14. The van der Waals surface area contributed by atoms with Crippen LogP contribution in [0.2, 0.25) is 0 Å². The summed E-state index contributed by atoms with van der Waals surface area (Å²) in [6.45, 7) is 1.39.